The summed E-state index contributed by atoms with van der Waals surface area (Å²) < 4.78 is 38.0. The molecule has 0 aliphatic heterocycles. The first kappa shape index (κ1) is 9.90. The highest BCUT2D eigenvalue weighted by atomic mass is 32.1. The summed E-state index contributed by atoms with van der Waals surface area (Å²) >= 11 is 4.04. The van der Waals surface area contributed by atoms with Crippen molar-refractivity contribution in [3.05, 3.63) is 29.8 Å². The molecule has 14 heavy (non-hydrogen) atoms. The van der Waals surface area contributed by atoms with E-state index in [4.69, 9.17) is 0 Å². The van der Waals surface area contributed by atoms with Crippen molar-refractivity contribution < 1.29 is 13.2 Å². The van der Waals surface area contributed by atoms with Crippen LogP contribution in [0, 0.1) is 0 Å². The second-order valence-corrected chi connectivity index (χ2v) is 4.14. The van der Waals surface area contributed by atoms with E-state index in [1.807, 2.05) is 0 Å². The summed E-state index contributed by atoms with van der Waals surface area (Å²) in [6.45, 7) is 0. The summed E-state index contributed by atoms with van der Waals surface area (Å²) in [4.78, 5) is 0.687. The molecule has 0 nitrogen and oxygen atoms in total. The van der Waals surface area contributed by atoms with Gasteiger partial charge in [0.05, 0.1) is 5.41 Å². The number of hydrogen-bond donors (Lipinski definition) is 1. The average Bonchev–Trinajstić information content (AvgIpc) is 2.84. The van der Waals surface area contributed by atoms with E-state index in [2.05, 4.69) is 12.6 Å². The third-order valence-electron chi connectivity index (χ3n) is 2.71. The molecule has 0 heterocycles. The lowest BCUT2D eigenvalue weighted by Crippen LogP contribution is -2.28. The first-order valence-electron chi connectivity index (χ1n) is 4.32. The molecule has 0 spiro atoms. The van der Waals surface area contributed by atoms with Crippen LogP contribution in [-0.4, -0.2) is 6.18 Å². The molecule has 0 aromatic heterocycles. The van der Waals surface area contributed by atoms with Crippen LogP contribution in [0.25, 0.3) is 0 Å². The van der Waals surface area contributed by atoms with Crippen LogP contribution >= 0.6 is 12.6 Å². The van der Waals surface area contributed by atoms with E-state index in [9.17, 15) is 13.2 Å². The van der Waals surface area contributed by atoms with Crippen molar-refractivity contribution in [2.45, 2.75) is 29.3 Å². The van der Waals surface area contributed by atoms with E-state index < -0.39 is 11.6 Å². The van der Waals surface area contributed by atoms with Gasteiger partial charge in [-0.15, -0.1) is 12.6 Å². The van der Waals surface area contributed by atoms with Gasteiger partial charge in [-0.2, -0.15) is 13.2 Å². The van der Waals surface area contributed by atoms with Crippen molar-refractivity contribution >= 4 is 12.6 Å². The monoisotopic (exact) mass is 218 g/mol. The zero-order chi connectivity index (χ0) is 10.4. The Labute approximate surface area is 85.5 Å². The third-order valence-corrected chi connectivity index (χ3v) is 3.01. The quantitative estimate of drug-likeness (QED) is 0.684. The van der Waals surface area contributed by atoms with Gasteiger partial charge in [0, 0.05) is 4.90 Å². The Morgan fingerprint density at radius 2 is 1.57 bits per heavy atom. The number of alkyl halides is 3. The van der Waals surface area contributed by atoms with Crippen LogP contribution in [0.1, 0.15) is 18.4 Å². The summed E-state index contributed by atoms with van der Waals surface area (Å²) in [6.07, 6.45) is -3.70. The lowest BCUT2D eigenvalue weighted by atomic mass is 9.95. The van der Waals surface area contributed by atoms with Gasteiger partial charge >= 0.3 is 6.18 Å². The first-order chi connectivity index (χ1) is 6.46. The van der Waals surface area contributed by atoms with Crippen LogP contribution in [0.15, 0.2) is 29.2 Å². The minimum absolute atomic E-state index is 0.211. The number of benzene rings is 1. The van der Waals surface area contributed by atoms with Gasteiger partial charge in [-0.25, -0.2) is 0 Å². The summed E-state index contributed by atoms with van der Waals surface area (Å²) in [5.41, 5.74) is -1.20. The van der Waals surface area contributed by atoms with Gasteiger partial charge in [-0.1, -0.05) is 12.1 Å². The standard InChI is InChI=1S/C10H9F3S/c11-10(12,13)9(5-6-9)7-1-3-8(14)4-2-7/h1-4,14H,5-6H2. The third kappa shape index (κ3) is 1.41. The molecular formula is C10H9F3S. The van der Waals surface area contributed by atoms with Crippen molar-refractivity contribution in [3.8, 4) is 0 Å². The molecule has 0 unspecified atom stereocenters. The molecule has 0 saturated heterocycles. The van der Waals surface area contributed by atoms with Gasteiger partial charge in [0.15, 0.2) is 0 Å². The maximum atomic E-state index is 12.7. The molecule has 0 N–H and O–H groups in total. The van der Waals surface area contributed by atoms with Crippen molar-refractivity contribution in [3.63, 3.8) is 0 Å². The smallest absolute Gasteiger partial charge is 0.170 e. The van der Waals surface area contributed by atoms with Crippen LogP contribution in [0.3, 0.4) is 0 Å². The minimum atomic E-state index is -4.12. The molecule has 76 valence electrons. The molecule has 0 bridgehead atoms. The van der Waals surface area contributed by atoms with Crippen LogP contribution in [0.4, 0.5) is 13.2 Å². The Morgan fingerprint density at radius 1 is 1.07 bits per heavy atom. The van der Waals surface area contributed by atoms with Gasteiger partial charge in [-0.05, 0) is 30.5 Å². The molecule has 1 aromatic rings. The van der Waals surface area contributed by atoms with Crippen LogP contribution < -0.4 is 0 Å². The Kier molecular flexibility index (Phi) is 2.07. The Morgan fingerprint density at radius 3 is 1.93 bits per heavy atom. The molecule has 0 atom stereocenters. The van der Waals surface area contributed by atoms with E-state index in [-0.39, 0.29) is 12.8 Å². The minimum Gasteiger partial charge on any atom is -0.170 e. The second-order valence-electron chi connectivity index (χ2n) is 3.63. The number of hydrogen-bond acceptors (Lipinski definition) is 1. The van der Waals surface area contributed by atoms with Gasteiger partial charge in [0.2, 0.25) is 0 Å². The van der Waals surface area contributed by atoms with E-state index >= 15 is 0 Å². The fourth-order valence-corrected chi connectivity index (χ4v) is 1.79. The summed E-state index contributed by atoms with van der Waals surface area (Å²) in [5.74, 6) is 0. The van der Waals surface area contributed by atoms with Gasteiger partial charge < -0.3 is 0 Å². The molecule has 1 fully saturated rings. The molecule has 1 aliphatic rings. The van der Waals surface area contributed by atoms with Gasteiger partial charge in [0.1, 0.15) is 0 Å². The Balaban J connectivity index is 2.36. The Hall–Kier alpha value is -0.640. The molecule has 1 aliphatic carbocycles. The van der Waals surface area contributed by atoms with Crippen LogP contribution in [-0.2, 0) is 5.41 Å². The fourth-order valence-electron chi connectivity index (χ4n) is 1.64. The lowest BCUT2D eigenvalue weighted by Gasteiger charge is -2.19. The van der Waals surface area contributed by atoms with E-state index in [0.717, 1.165) is 0 Å². The van der Waals surface area contributed by atoms with Crippen molar-refractivity contribution in [2.24, 2.45) is 0 Å². The number of halogens is 3. The van der Waals surface area contributed by atoms with Crippen LogP contribution in [0.2, 0.25) is 0 Å². The number of thiol groups is 1. The Bertz CT molecular complexity index is 335. The van der Waals surface area contributed by atoms with Gasteiger partial charge in [-0.3, -0.25) is 0 Å². The number of rotatable bonds is 1. The first-order valence-corrected chi connectivity index (χ1v) is 4.77. The van der Waals surface area contributed by atoms with Crippen LogP contribution in [0.5, 0.6) is 0 Å². The molecule has 1 saturated carbocycles. The van der Waals surface area contributed by atoms with E-state index in [1.165, 1.54) is 12.1 Å². The van der Waals surface area contributed by atoms with E-state index in [1.54, 1.807) is 12.1 Å². The predicted molar refractivity (Wildman–Crippen MR) is 50.7 cm³/mol. The lowest BCUT2D eigenvalue weighted by molar-refractivity contribution is -0.160. The highest BCUT2D eigenvalue weighted by molar-refractivity contribution is 7.80. The summed E-state index contributed by atoms with van der Waals surface area (Å²) in [5, 5.41) is 0. The molecule has 0 radical (unpaired) electrons. The highest BCUT2D eigenvalue weighted by Crippen LogP contribution is 2.58. The highest BCUT2D eigenvalue weighted by Gasteiger charge is 2.64. The molecule has 0 amide bonds. The maximum Gasteiger partial charge on any atom is 0.398 e. The topological polar surface area (TPSA) is 0 Å². The summed E-state index contributed by atoms with van der Waals surface area (Å²) in [6, 6.07) is 6.24. The maximum absolute atomic E-state index is 12.7. The van der Waals surface area contributed by atoms with E-state index in [0.29, 0.717) is 10.5 Å². The fraction of sp³-hybridized carbons (Fsp3) is 0.400. The molecule has 2 rings (SSSR count). The van der Waals surface area contributed by atoms with Crippen molar-refractivity contribution in [1.82, 2.24) is 0 Å². The predicted octanol–water partition coefficient (Wildman–Crippen LogP) is 3.57. The SMILES string of the molecule is FC(F)(F)C1(c2ccc(S)cc2)CC1. The van der Waals surface area contributed by atoms with Gasteiger partial charge in [0.25, 0.3) is 0 Å². The summed E-state index contributed by atoms with van der Waals surface area (Å²) in [7, 11) is 0. The normalized spacial score (nSPS) is 19.4. The average molecular weight is 218 g/mol. The second kappa shape index (κ2) is 2.92. The zero-order valence-corrected chi connectivity index (χ0v) is 8.20. The largest absolute Gasteiger partial charge is 0.398 e. The van der Waals surface area contributed by atoms with Crippen molar-refractivity contribution in [2.75, 3.05) is 0 Å². The molecular weight excluding hydrogens is 209 g/mol. The van der Waals surface area contributed by atoms with Crippen molar-refractivity contribution in [1.29, 1.82) is 0 Å². The molecule has 1 aromatic carbocycles. The zero-order valence-electron chi connectivity index (χ0n) is 7.30. The molecule has 4 heteroatoms.